The number of epoxide rings is 1. The Morgan fingerprint density at radius 1 is 1.33 bits per heavy atom. The first-order chi connectivity index (χ1) is 7.12. The predicted octanol–water partition coefficient (Wildman–Crippen LogP) is 2.81. The molecule has 0 aliphatic carbocycles. The van der Waals surface area contributed by atoms with Crippen LogP contribution in [0.1, 0.15) is 26.3 Å². The van der Waals surface area contributed by atoms with Crippen LogP contribution in [0, 0.1) is 0 Å². The summed E-state index contributed by atoms with van der Waals surface area (Å²) in [6.45, 7) is 7.11. The molecule has 2 nitrogen and oxygen atoms in total. The van der Waals surface area contributed by atoms with Gasteiger partial charge in [0.15, 0.2) is 0 Å². The summed E-state index contributed by atoms with van der Waals surface area (Å²) in [7, 11) is 0. The molecule has 2 heteroatoms. The van der Waals surface area contributed by atoms with Crippen molar-refractivity contribution >= 4 is 0 Å². The van der Waals surface area contributed by atoms with Crippen LogP contribution in [-0.2, 0) is 11.2 Å². The molecule has 0 spiro atoms. The molecule has 0 bridgehead atoms. The second-order valence-corrected chi connectivity index (χ2v) is 4.52. The molecule has 1 aliphatic rings. The van der Waals surface area contributed by atoms with Gasteiger partial charge in [-0.15, -0.1) is 0 Å². The number of aryl methyl sites for hydroxylation is 1. The fraction of sp³-hybridized carbons (Fsp3) is 0.538. The summed E-state index contributed by atoms with van der Waals surface area (Å²) in [6, 6.07) is 8.28. The van der Waals surface area contributed by atoms with Crippen molar-refractivity contribution in [1.29, 1.82) is 0 Å². The molecule has 1 aromatic carbocycles. The highest BCUT2D eigenvalue weighted by Crippen LogP contribution is 2.29. The van der Waals surface area contributed by atoms with Crippen LogP contribution in [0.25, 0.3) is 0 Å². The van der Waals surface area contributed by atoms with E-state index >= 15 is 0 Å². The average molecular weight is 206 g/mol. The highest BCUT2D eigenvalue weighted by atomic mass is 16.6. The molecule has 1 heterocycles. The van der Waals surface area contributed by atoms with Crippen molar-refractivity contribution in [1.82, 2.24) is 0 Å². The molecule has 1 aliphatic heterocycles. The van der Waals surface area contributed by atoms with E-state index in [4.69, 9.17) is 9.47 Å². The molecule has 0 aromatic heterocycles. The second kappa shape index (κ2) is 3.86. The van der Waals surface area contributed by atoms with E-state index in [0.717, 1.165) is 18.8 Å². The van der Waals surface area contributed by atoms with Crippen LogP contribution >= 0.6 is 0 Å². The number of ether oxygens (including phenoxy) is 2. The van der Waals surface area contributed by atoms with Gasteiger partial charge in [-0.2, -0.15) is 0 Å². The quantitative estimate of drug-likeness (QED) is 0.706. The van der Waals surface area contributed by atoms with E-state index in [1.807, 2.05) is 12.1 Å². The lowest BCUT2D eigenvalue weighted by Gasteiger charge is -2.24. The summed E-state index contributed by atoms with van der Waals surface area (Å²) in [5, 5.41) is 0. The fourth-order valence-electron chi connectivity index (χ4n) is 1.61. The number of rotatable bonds is 4. The smallest absolute Gasteiger partial charge is 0.132 e. The average Bonchev–Trinajstić information content (AvgIpc) is 3.01. The third kappa shape index (κ3) is 2.51. The molecule has 15 heavy (non-hydrogen) atoms. The van der Waals surface area contributed by atoms with Crippen molar-refractivity contribution in [3.05, 3.63) is 29.8 Å². The van der Waals surface area contributed by atoms with E-state index in [2.05, 4.69) is 32.9 Å². The van der Waals surface area contributed by atoms with E-state index in [-0.39, 0.29) is 11.7 Å². The van der Waals surface area contributed by atoms with Gasteiger partial charge >= 0.3 is 0 Å². The minimum absolute atomic E-state index is 0.215. The number of hydrogen-bond acceptors (Lipinski definition) is 2. The van der Waals surface area contributed by atoms with Gasteiger partial charge in [0.2, 0.25) is 0 Å². The van der Waals surface area contributed by atoms with Crippen LogP contribution in [-0.4, -0.2) is 18.3 Å². The highest BCUT2D eigenvalue weighted by molar-refractivity contribution is 5.28. The maximum Gasteiger partial charge on any atom is 0.132 e. The lowest BCUT2D eigenvalue weighted by molar-refractivity contribution is 0.0744. The Labute approximate surface area is 91.2 Å². The van der Waals surface area contributed by atoms with Gasteiger partial charge in [0, 0.05) is 0 Å². The lowest BCUT2D eigenvalue weighted by Crippen LogP contribution is -2.34. The molecule has 1 aromatic rings. The van der Waals surface area contributed by atoms with Crippen LogP contribution in [0.2, 0.25) is 0 Å². The van der Waals surface area contributed by atoms with Crippen molar-refractivity contribution in [2.45, 2.75) is 38.9 Å². The molecule has 1 atom stereocenters. The first kappa shape index (κ1) is 10.5. The number of hydrogen-bond donors (Lipinski definition) is 0. The summed E-state index contributed by atoms with van der Waals surface area (Å²) in [5.41, 5.74) is 1.12. The summed E-state index contributed by atoms with van der Waals surface area (Å²) in [6.07, 6.45) is 1.32. The van der Waals surface area contributed by atoms with Gasteiger partial charge in [-0.05, 0) is 38.0 Å². The zero-order valence-corrected chi connectivity index (χ0v) is 9.62. The maximum atomic E-state index is 5.90. The zero-order valence-electron chi connectivity index (χ0n) is 9.62. The van der Waals surface area contributed by atoms with E-state index in [9.17, 15) is 0 Å². The first-order valence-corrected chi connectivity index (χ1v) is 5.51. The van der Waals surface area contributed by atoms with Gasteiger partial charge in [0.05, 0.1) is 6.61 Å². The second-order valence-electron chi connectivity index (χ2n) is 4.52. The first-order valence-electron chi connectivity index (χ1n) is 5.51. The van der Waals surface area contributed by atoms with Crippen LogP contribution in [0.5, 0.6) is 5.75 Å². The molecule has 0 saturated carbocycles. The summed E-state index contributed by atoms with van der Waals surface area (Å²) in [5.74, 6) is 0.924. The van der Waals surface area contributed by atoms with Gasteiger partial charge in [0.25, 0.3) is 0 Å². The zero-order chi connectivity index (χ0) is 10.9. The molecule has 0 radical (unpaired) electrons. The number of benzene rings is 1. The van der Waals surface area contributed by atoms with Crippen molar-refractivity contribution in [3.63, 3.8) is 0 Å². The van der Waals surface area contributed by atoms with Crippen molar-refractivity contribution < 1.29 is 9.47 Å². The highest BCUT2D eigenvalue weighted by Gasteiger charge is 2.41. The molecular weight excluding hydrogens is 188 g/mol. The van der Waals surface area contributed by atoms with Gasteiger partial charge in [-0.3, -0.25) is 0 Å². The molecule has 0 N–H and O–H groups in total. The maximum absolute atomic E-state index is 5.90. The van der Waals surface area contributed by atoms with Crippen molar-refractivity contribution in [3.8, 4) is 5.75 Å². The summed E-state index contributed by atoms with van der Waals surface area (Å²) in [4.78, 5) is 0. The predicted molar refractivity (Wildman–Crippen MR) is 60.3 cm³/mol. The Bertz CT molecular complexity index is 323. The van der Waals surface area contributed by atoms with E-state index < -0.39 is 0 Å². The molecular formula is C13H18O2. The Hall–Kier alpha value is -1.02. The van der Waals surface area contributed by atoms with Gasteiger partial charge < -0.3 is 9.47 Å². The van der Waals surface area contributed by atoms with Crippen molar-refractivity contribution in [2.24, 2.45) is 0 Å². The molecule has 1 unspecified atom stereocenters. The van der Waals surface area contributed by atoms with Crippen LogP contribution in [0.3, 0.4) is 0 Å². The molecule has 1 fully saturated rings. The van der Waals surface area contributed by atoms with Crippen LogP contribution in [0.15, 0.2) is 24.3 Å². The van der Waals surface area contributed by atoms with Crippen molar-refractivity contribution in [2.75, 3.05) is 6.61 Å². The normalized spacial score (nSPS) is 20.1. The standard InChI is InChI=1S/C13H18O2/c1-4-10-5-7-11(8-6-10)15-13(2,3)12-9-14-12/h5-8,12H,4,9H2,1-3H3. The monoisotopic (exact) mass is 206 g/mol. The van der Waals surface area contributed by atoms with Gasteiger partial charge in [0.1, 0.15) is 17.5 Å². The van der Waals surface area contributed by atoms with Crippen LogP contribution < -0.4 is 4.74 Å². The molecule has 2 rings (SSSR count). The third-order valence-corrected chi connectivity index (χ3v) is 2.82. The van der Waals surface area contributed by atoms with E-state index in [1.54, 1.807) is 0 Å². The molecule has 0 amide bonds. The van der Waals surface area contributed by atoms with Gasteiger partial charge in [-0.1, -0.05) is 19.1 Å². The Morgan fingerprint density at radius 2 is 1.93 bits per heavy atom. The minimum atomic E-state index is -0.215. The van der Waals surface area contributed by atoms with Gasteiger partial charge in [-0.25, -0.2) is 0 Å². The van der Waals surface area contributed by atoms with E-state index in [1.165, 1.54) is 5.56 Å². The minimum Gasteiger partial charge on any atom is -0.485 e. The fourth-order valence-corrected chi connectivity index (χ4v) is 1.61. The third-order valence-electron chi connectivity index (χ3n) is 2.82. The molecule has 82 valence electrons. The lowest BCUT2D eigenvalue weighted by atomic mass is 10.1. The van der Waals surface area contributed by atoms with Crippen LogP contribution in [0.4, 0.5) is 0 Å². The largest absolute Gasteiger partial charge is 0.485 e. The Kier molecular flexibility index (Phi) is 2.70. The summed E-state index contributed by atoms with van der Waals surface area (Å²) < 4.78 is 11.2. The SMILES string of the molecule is CCc1ccc(OC(C)(C)C2CO2)cc1. The van der Waals surface area contributed by atoms with E-state index in [0.29, 0.717) is 0 Å². The topological polar surface area (TPSA) is 21.8 Å². The molecule has 1 saturated heterocycles. The Balaban J connectivity index is 2.03. The summed E-state index contributed by atoms with van der Waals surface area (Å²) >= 11 is 0. The Morgan fingerprint density at radius 3 is 2.40 bits per heavy atom.